The molecule has 0 saturated carbocycles. The van der Waals surface area contributed by atoms with E-state index in [2.05, 4.69) is 30.9 Å². The van der Waals surface area contributed by atoms with Crippen molar-refractivity contribution in [3.8, 4) is 0 Å². The summed E-state index contributed by atoms with van der Waals surface area (Å²) in [4.78, 5) is 19.7. The summed E-state index contributed by atoms with van der Waals surface area (Å²) in [6.07, 6.45) is 1.61. The van der Waals surface area contributed by atoms with Gasteiger partial charge in [-0.05, 0) is 23.6 Å². The lowest BCUT2D eigenvalue weighted by Crippen LogP contribution is -2.18. The molecule has 0 radical (unpaired) electrons. The van der Waals surface area contributed by atoms with Gasteiger partial charge in [-0.3, -0.25) is 0 Å². The topological polar surface area (TPSA) is 57.7 Å². The zero-order valence-corrected chi connectivity index (χ0v) is 12.3. The molecule has 1 N–H and O–H groups in total. The van der Waals surface area contributed by atoms with Gasteiger partial charge >= 0.3 is 0 Å². The third-order valence-corrected chi connectivity index (χ3v) is 4.25. The van der Waals surface area contributed by atoms with Gasteiger partial charge in [0.15, 0.2) is 0 Å². The molecule has 0 unspecified atom stereocenters. The molecule has 1 aromatic carbocycles. The molecule has 5 nitrogen and oxygen atoms in total. The van der Waals surface area contributed by atoms with Gasteiger partial charge in [-0.25, -0.2) is 15.0 Å². The molecule has 4 aromatic rings. The summed E-state index contributed by atoms with van der Waals surface area (Å²) in [6, 6.07) is 10.1. The summed E-state index contributed by atoms with van der Waals surface area (Å²) >= 11 is 1.63. The van der Waals surface area contributed by atoms with Gasteiger partial charge in [0, 0.05) is 7.05 Å². The maximum atomic E-state index is 4.61. The second kappa shape index (κ2) is 4.82. The summed E-state index contributed by atoms with van der Waals surface area (Å²) in [6.45, 7) is 0.677. The highest BCUT2D eigenvalue weighted by Crippen LogP contribution is 2.26. The van der Waals surface area contributed by atoms with Gasteiger partial charge in [0.1, 0.15) is 22.8 Å². The minimum Gasteiger partial charge on any atom is -0.352 e. The molecule has 0 saturated heterocycles. The number of hydrogen-bond donors (Lipinski definition) is 1. The number of nitrogens with one attached hydrogen (secondary N) is 1. The molecule has 0 amide bonds. The number of benzene rings is 1. The summed E-state index contributed by atoms with van der Waals surface area (Å²) in [7, 11) is 2.02. The number of nitrogens with zero attached hydrogens (tertiary/aromatic N) is 4. The number of fused-ring (bicyclic) bond motifs is 2. The van der Waals surface area contributed by atoms with E-state index in [1.165, 1.54) is 0 Å². The second-order valence-electron chi connectivity index (χ2n) is 4.89. The first kappa shape index (κ1) is 12.3. The Bertz CT molecular complexity index is 877. The molecule has 0 bridgehead atoms. The van der Waals surface area contributed by atoms with Crippen LogP contribution in [0.5, 0.6) is 0 Å². The van der Waals surface area contributed by atoms with Gasteiger partial charge in [0.2, 0.25) is 0 Å². The Morgan fingerprint density at radius 2 is 2.10 bits per heavy atom. The number of aromatic nitrogens is 4. The van der Waals surface area contributed by atoms with Crippen molar-refractivity contribution in [2.24, 2.45) is 0 Å². The van der Waals surface area contributed by atoms with Crippen LogP contribution in [0.1, 0.15) is 5.82 Å². The van der Waals surface area contributed by atoms with E-state index in [1.54, 1.807) is 17.7 Å². The minimum atomic E-state index is 0.677. The van der Waals surface area contributed by atoms with Crippen LogP contribution in [-0.4, -0.2) is 27.0 Å². The van der Waals surface area contributed by atoms with Crippen molar-refractivity contribution in [3.63, 3.8) is 0 Å². The number of anilines is 1. The molecule has 21 heavy (non-hydrogen) atoms. The summed E-state index contributed by atoms with van der Waals surface area (Å²) in [5.41, 5.74) is 2.05. The smallest absolute Gasteiger partial charge is 0.140 e. The molecular formula is C15H13N5S. The van der Waals surface area contributed by atoms with Crippen LogP contribution in [0.25, 0.3) is 21.3 Å². The number of aromatic amines is 1. The lowest BCUT2D eigenvalue weighted by Gasteiger charge is -2.17. The Morgan fingerprint density at radius 1 is 1.19 bits per heavy atom. The van der Waals surface area contributed by atoms with Crippen LogP contribution in [0.2, 0.25) is 0 Å². The van der Waals surface area contributed by atoms with Gasteiger partial charge in [-0.1, -0.05) is 12.1 Å². The van der Waals surface area contributed by atoms with Crippen LogP contribution in [0, 0.1) is 0 Å². The Kier molecular flexibility index (Phi) is 2.82. The Balaban J connectivity index is 1.68. The maximum Gasteiger partial charge on any atom is 0.140 e. The van der Waals surface area contributed by atoms with E-state index in [1.807, 2.05) is 36.7 Å². The molecule has 4 rings (SSSR count). The fourth-order valence-corrected chi connectivity index (χ4v) is 3.19. The highest BCUT2D eigenvalue weighted by Gasteiger charge is 2.11. The Labute approximate surface area is 125 Å². The molecule has 3 heterocycles. The molecule has 3 aromatic heterocycles. The molecular weight excluding hydrogens is 282 g/mol. The first-order valence-corrected chi connectivity index (χ1v) is 7.52. The molecule has 0 aliphatic carbocycles. The number of para-hydroxylation sites is 2. The van der Waals surface area contributed by atoms with E-state index < -0.39 is 0 Å². The third kappa shape index (κ3) is 2.13. The largest absolute Gasteiger partial charge is 0.352 e. The van der Waals surface area contributed by atoms with Gasteiger partial charge in [0.05, 0.1) is 23.0 Å². The average Bonchev–Trinajstić information content (AvgIpc) is 3.12. The molecule has 6 heteroatoms. The zero-order chi connectivity index (χ0) is 14.2. The van der Waals surface area contributed by atoms with Crippen molar-refractivity contribution in [2.75, 3.05) is 11.9 Å². The first-order chi connectivity index (χ1) is 10.3. The lowest BCUT2D eigenvalue weighted by molar-refractivity contribution is 0.850. The van der Waals surface area contributed by atoms with Crippen LogP contribution < -0.4 is 4.90 Å². The Hall–Kier alpha value is -2.47. The number of imidazole rings is 1. The molecule has 104 valence electrons. The van der Waals surface area contributed by atoms with Crippen molar-refractivity contribution in [1.29, 1.82) is 0 Å². The highest BCUT2D eigenvalue weighted by atomic mass is 32.1. The van der Waals surface area contributed by atoms with Gasteiger partial charge in [-0.15, -0.1) is 11.3 Å². The van der Waals surface area contributed by atoms with Crippen LogP contribution in [0.15, 0.2) is 42.0 Å². The lowest BCUT2D eigenvalue weighted by atomic mass is 10.3. The van der Waals surface area contributed by atoms with E-state index in [4.69, 9.17) is 0 Å². The van der Waals surface area contributed by atoms with Crippen molar-refractivity contribution >= 4 is 38.4 Å². The van der Waals surface area contributed by atoms with Crippen molar-refractivity contribution in [3.05, 3.63) is 47.9 Å². The Morgan fingerprint density at radius 3 is 3.00 bits per heavy atom. The summed E-state index contributed by atoms with van der Waals surface area (Å²) in [5.74, 6) is 1.86. The van der Waals surface area contributed by atoms with E-state index >= 15 is 0 Å². The van der Waals surface area contributed by atoms with E-state index in [0.717, 1.165) is 32.9 Å². The second-order valence-corrected chi connectivity index (χ2v) is 5.79. The van der Waals surface area contributed by atoms with Crippen LogP contribution in [-0.2, 0) is 6.54 Å². The molecule has 0 atom stereocenters. The van der Waals surface area contributed by atoms with Crippen LogP contribution >= 0.6 is 11.3 Å². The van der Waals surface area contributed by atoms with Crippen LogP contribution in [0.3, 0.4) is 0 Å². The van der Waals surface area contributed by atoms with E-state index in [9.17, 15) is 0 Å². The molecule has 0 aliphatic rings. The summed E-state index contributed by atoms with van der Waals surface area (Å²) in [5, 5.41) is 3.12. The number of hydrogen-bond acceptors (Lipinski definition) is 5. The predicted octanol–water partition coefficient (Wildman–Crippen LogP) is 3.20. The zero-order valence-electron chi connectivity index (χ0n) is 11.4. The first-order valence-electron chi connectivity index (χ1n) is 6.64. The number of H-pyrrole nitrogens is 1. The highest BCUT2D eigenvalue weighted by molar-refractivity contribution is 7.16. The van der Waals surface area contributed by atoms with Crippen molar-refractivity contribution in [2.45, 2.75) is 6.54 Å². The van der Waals surface area contributed by atoms with Crippen molar-refractivity contribution < 1.29 is 0 Å². The molecule has 0 fully saturated rings. The van der Waals surface area contributed by atoms with Gasteiger partial charge in [-0.2, -0.15) is 0 Å². The van der Waals surface area contributed by atoms with E-state index in [-0.39, 0.29) is 0 Å². The minimum absolute atomic E-state index is 0.677. The maximum absolute atomic E-state index is 4.61. The number of rotatable bonds is 3. The molecule has 0 spiro atoms. The average molecular weight is 295 g/mol. The third-order valence-electron chi connectivity index (χ3n) is 3.43. The summed E-state index contributed by atoms with van der Waals surface area (Å²) < 4.78 is 0. The fourth-order valence-electron chi connectivity index (χ4n) is 2.46. The fraction of sp³-hybridized carbons (Fsp3) is 0.133. The predicted molar refractivity (Wildman–Crippen MR) is 85.6 cm³/mol. The quantitative estimate of drug-likeness (QED) is 0.630. The number of thiophene rings is 1. The standard InChI is InChI=1S/C15H13N5S/c1-20(14-10-6-7-21-15(10)17-9-16-14)8-13-18-11-4-2-3-5-12(11)19-13/h2-7,9H,8H2,1H3,(H,18,19). The molecule has 0 aliphatic heterocycles. The van der Waals surface area contributed by atoms with Gasteiger partial charge < -0.3 is 9.88 Å². The monoisotopic (exact) mass is 295 g/mol. The normalized spacial score (nSPS) is 11.3. The van der Waals surface area contributed by atoms with Crippen molar-refractivity contribution in [1.82, 2.24) is 19.9 Å². The van der Waals surface area contributed by atoms with Gasteiger partial charge in [0.25, 0.3) is 0 Å². The SMILES string of the molecule is CN(Cc1nc2ccccc2[nH]1)c1ncnc2sccc12. The van der Waals surface area contributed by atoms with Crippen LogP contribution in [0.4, 0.5) is 5.82 Å². The van der Waals surface area contributed by atoms with E-state index in [0.29, 0.717) is 6.54 Å².